The SMILES string of the molecule is CSCCCNC(=O)NCC(C)CC(=O)O. The molecule has 0 heterocycles. The van der Waals surface area contributed by atoms with Gasteiger partial charge in [-0.1, -0.05) is 6.92 Å². The summed E-state index contributed by atoms with van der Waals surface area (Å²) in [7, 11) is 0. The Morgan fingerprint density at radius 1 is 1.38 bits per heavy atom. The third-order valence-electron chi connectivity index (χ3n) is 1.94. The highest BCUT2D eigenvalue weighted by molar-refractivity contribution is 7.98. The maximum Gasteiger partial charge on any atom is 0.314 e. The van der Waals surface area contributed by atoms with Gasteiger partial charge in [-0.15, -0.1) is 0 Å². The van der Waals surface area contributed by atoms with Crippen molar-refractivity contribution in [2.24, 2.45) is 5.92 Å². The molecule has 0 radical (unpaired) electrons. The van der Waals surface area contributed by atoms with Gasteiger partial charge in [-0.3, -0.25) is 4.79 Å². The van der Waals surface area contributed by atoms with E-state index in [0.717, 1.165) is 12.2 Å². The van der Waals surface area contributed by atoms with Crippen molar-refractivity contribution in [2.75, 3.05) is 25.1 Å². The lowest BCUT2D eigenvalue weighted by atomic mass is 10.1. The molecule has 0 spiro atoms. The minimum atomic E-state index is -0.838. The van der Waals surface area contributed by atoms with Crippen LogP contribution in [-0.2, 0) is 4.79 Å². The van der Waals surface area contributed by atoms with Crippen molar-refractivity contribution in [1.82, 2.24) is 10.6 Å². The number of thioether (sulfide) groups is 1. The summed E-state index contributed by atoms with van der Waals surface area (Å²) >= 11 is 1.74. The van der Waals surface area contributed by atoms with E-state index >= 15 is 0 Å². The molecule has 94 valence electrons. The molecule has 0 bridgehead atoms. The first-order chi connectivity index (χ1) is 7.56. The van der Waals surface area contributed by atoms with Crippen molar-refractivity contribution in [1.29, 1.82) is 0 Å². The van der Waals surface area contributed by atoms with E-state index in [1.807, 2.05) is 6.26 Å². The molecular formula is C10H20N2O3S. The molecule has 0 aliphatic rings. The lowest BCUT2D eigenvalue weighted by Crippen LogP contribution is -2.38. The third-order valence-corrected chi connectivity index (χ3v) is 2.64. The molecule has 3 N–H and O–H groups in total. The summed E-state index contributed by atoms with van der Waals surface area (Å²) in [5.41, 5.74) is 0. The number of carboxylic acid groups (broad SMARTS) is 1. The largest absolute Gasteiger partial charge is 0.481 e. The topological polar surface area (TPSA) is 78.4 Å². The van der Waals surface area contributed by atoms with Gasteiger partial charge in [0.15, 0.2) is 0 Å². The van der Waals surface area contributed by atoms with Gasteiger partial charge in [-0.2, -0.15) is 11.8 Å². The van der Waals surface area contributed by atoms with E-state index in [0.29, 0.717) is 13.1 Å². The van der Waals surface area contributed by atoms with E-state index in [1.165, 1.54) is 0 Å². The fraction of sp³-hybridized carbons (Fsp3) is 0.800. The number of carbonyl (C=O) groups is 2. The number of amides is 2. The predicted octanol–water partition coefficient (Wildman–Crippen LogP) is 1.15. The Labute approximate surface area is 100 Å². The van der Waals surface area contributed by atoms with Gasteiger partial charge in [0.1, 0.15) is 0 Å². The second kappa shape index (κ2) is 9.33. The number of carboxylic acids is 1. The fourth-order valence-corrected chi connectivity index (χ4v) is 1.55. The molecule has 0 saturated carbocycles. The zero-order valence-corrected chi connectivity index (χ0v) is 10.6. The van der Waals surface area contributed by atoms with Crippen molar-refractivity contribution in [2.45, 2.75) is 19.8 Å². The van der Waals surface area contributed by atoms with Gasteiger partial charge in [0.2, 0.25) is 0 Å². The van der Waals surface area contributed by atoms with Crippen molar-refractivity contribution >= 4 is 23.8 Å². The average molecular weight is 248 g/mol. The summed E-state index contributed by atoms with van der Waals surface area (Å²) in [6, 6.07) is -0.224. The van der Waals surface area contributed by atoms with Crippen molar-refractivity contribution < 1.29 is 14.7 Å². The number of aliphatic carboxylic acids is 1. The van der Waals surface area contributed by atoms with Crippen LogP contribution in [0.15, 0.2) is 0 Å². The summed E-state index contributed by atoms with van der Waals surface area (Å²) < 4.78 is 0. The van der Waals surface area contributed by atoms with Crippen LogP contribution < -0.4 is 10.6 Å². The Morgan fingerprint density at radius 3 is 2.62 bits per heavy atom. The molecule has 0 aliphatic carbocycles. The lowest BCUT2D eigenvalue weighted by molar-refractivity contribution is -0.137. The zero-order chi connectivity index (χ0) is 12.4. The summed E-state index contributed by atoms with van der Waals surface area (Å²) in [6.07, 6.45) is 3.04. The second-order valence-electron chi connectivity index (χ2n) is 3.69. The third kappa shape index (κ3) is 9.64. The Kier molecular flexibility index (Phi) is 8.80. The van der Waals surface area contributed by atoms with Crippen LogP contribution in [0.1, 0.15) is 19.8 Å². The van der Waals surface area contributed by atoms with E-state index < -0.39 is 5.97 Å². The minimum Gasteiger partial charge on any atom is -0.481 e. The van der Waals surface area contributed by atoms with E-state index in [-0.39, 0.29) is 18.4 Å². The number of hydrogen-bond acceptors (Lipinski definition) is 3. The number of urea groups is 1. The summed E-state index contributed by atoms with van der Waals surface area (Å²) in [6.45, 7) is 2.84. The van der Waals surface area contributed by atoms with E-state index in [1.54, 1.807) is 18.7 Å². The predicted molar refractivity (Wildman–Crippen MR) is 65.8 cm³/mol. The van der Waals surface area contributed by atoms with Gasteiger partial charge in [-0.05, 0) is 24.3 Å². The van der Waals surface area contributed by atoms with Crippen molar-refractivity contribution in [3.8, 4) is 0 Å². The van der Waals surface area contributed by atoms with Crippen LogP contribution in [0, 0.1) is 5.92 Å². The number of hydrogen-bond donors (Lipinski definition) is 3. The molecular weight excluding hydrogens is 228 g/mol. The second-order valence-corrected chi connectivity index (χ2v) is 4.67. The van der Waals surface area contributed by atoms with Crippen molar-refractivity contribution in [3.63, 3.8) is 0 Å². The molecule has 1 unspecified atom stereocenters. The van der Waals surface area contributed by atoms with Crippen LogP contribution >= 0.6 is 11.8 Å². The molecule has 2 amide bonds. The Morgan fingerprint density at radius 2 is 2.06 bits per heavy atom. The van der Waals surface area contributed by atoms with Crippen LogP contribution in [-0.4, -0.2) is 42.2 Å². The molecule has 0 saturated heterocycles. The van der Waals surface area contributed by atoms with Gasteiger partial charge >= 0.3 is 12.0 Å². The Bertz CT molecular complexity index is 224. The fourth-order valence-electron chi connectivity index (χ4n) is 1.12. The van der Waals surface area contributed by atoms with E-state index in [2.05, 4.69) is 10.6 Å². The smallest absolute Gasteiger partial charge is 0.314 e. The molecule has 0 aromatic carbocycles. The highest BCUT2D eigenvalue weighted by Crippen LogP contribution is 1.99. The molecule has 0 aromatic rings. The van der Waals surface area contributed by atoms with Crippen LogP contribution in [0.25, 0.3) is 0 Å². The Balaban J connectivity index is 3.45. The normalized spacial score (nSPS) is 11.9. The zero-order valence-electron chi connectivity index (χ0n) is 9.78. The van der Waals surface area contributed by atoms with E-state index in [9.17, 15) is 9.59 Å². The maximum atomic E-state index is 11.2. The quantitative estimate of drug-likeness (QED) is 0.563. The van der Waals surface area contributed by atoms with Crippen LogP contribution in [0.3, 0.4) is 0 Å². The van der Waals surface area contributed by atoms with Gasteiger partial charge < -0.3 is 15.7 Å². The average Bonchev–Trinajstić information content (AvgIpc) is 2.20. The first-order valence-corrected chi connectivity index (χ1v) is 6.68. The molecule has 1 atom stereocenters. The molecule has 5 nitrogen and oxygen atoms in total. The summed E-state index contributed by atoms with van der Waals surface area (Å²) in [4.78, 5) is 21.6. The van der Waals surface area contributed by atoms with Gasteiger partial charge in [0, 0.05) is 19.5 Å². The first-order valence-electron chi connectivity index (χ1n) is 5.28. The molecule has 0 rings (SSSR count). The molecule has 16 heavy (non-hydrogen) atoms. The maximum absolute atomic E-state index is 11.2. The van der Waals surface area contributed by atoms with Crippen LogP contribution in [0.4, 0.5) is 4.79 Å². The number of nitrogens with one attached hydrogen (secondary N) is 2. The number of rotatable bonds is 8. The van der Waals surface area contributed by atoms with Gasteiger partial charge in [0.25, 0.3) is 0 Å². The molecule has 0 aromatic heterocycles. The molecule has 6 heteroatoms. The molecule has 0 aliphatic heterocycles. The molecule has 0 fully saturated rings. The van der Waals surface area contributed by atoms with Gasteiger partial charge in [0.05, 0.1) is 0 Å². The van der Waals surface area contributed by atoms with E-state index in [4.69, 9.17) is 5.11 Å². The van der Waals surface area contributed by atoms with Crippen molar-refractivity contribution in [3.05, 3.63) is 0 Å². The lowest BCUT2D eigenvalue weighted by Gasteiger charge is -2.11. The standard InChI is InChI=1S/C10H20N2O3S/c1-8(6-9(13)14)7-12-10(15)11-4-3-5-16-2/h8H,3-7H2,1-2H3,(H,13,14)(H2,11,12,15). The highest BCUT2D eigenvalue weighted by atomic mass is 32.2. The minimum absolute atomic E-state index is 0.0468. The van der Waals surface area contributed by atoms with Crippen LogP contribution in [0.2, 0.25) is 0 Å². The van der Waals surface area contributed by atoms with Gasteiger partial charge in [-0.25, -0.2) is 4.79 Å². The first kappa shape index (κ1) is 15.1. The monoisotopic (exact) mass is 248 g/mol. The van der Waals surface area contributed by atoms with Crippen LogP contribution in [0.5, 0.6) is 0 Å². The number of carbonyl (C=O) groups excluding carboxylic acids is 1. The summed E-state index contributed by atoms with van der Waals surface area (Å²) in [5.74, 6) is 0.138. The Hall–Kier alpha value is -0.910. The summed E-state index contributed by atoms with van der Waals surface area (Å²) in [5, 5.41) is 13.9. The highest BCUT2D eigenvalue weighted by Gasteiger charge is 2.08.